The van der Waals surface area contributed by atoms with E-state index in [0.717, 1.165) is 0 Å². The van der Waals surface area contributed by atoms with Crippen LogP contribution in [0.15, 0.2) is 41.3 Å². The quantitative estimate of drug-likeness (QED) is 0.629. The predicted octanol–water partition coefficient (Wildman–Crippen LogP) is 3.39. The molecule has 178 valence electrons. The van der Waals surface area contributed by atoms with Crippen molar-refractivity contribution in [1.29, 1.82) is 0 Å². The lowest BCUT2D eigenvalue weighted by Crippen LogP contribution is -2.55. The molecule has 0 radical (unpaired) electrons. The van der Waals surface area contributed by atoms with Crippen molar-refractivity contribution < 1.29 is 22.7 Å². The van der Waals surface area contributed by atoms with Gasteiger partial charge in [-0.25, -0.2) is 8.42 Å². The molecule has 2 aromatic rings. The fraction of sp³-hybridized carbons (Fsp3) is 0.522. The van der Waals surface area contributed by atoms with Gasteiger partial charge in [0.2, 0.25) is 5.91 Å². The molecular formula is C23H28ClN3O5S. The standard InChI is InChI=1S/C23H28ClN3O5S/c1-22(2,3)21(28)27(17-14-32-15-17)20-9-8-19(25-26-20)23(10-12-31-13-11-23)33(29,30)18-6-4-16(24)5-7-18/h4-9,17H,10-15H2,1-3H3. The lowest BCUT2D eigenvalue weighted by atomic mass is 9.93. The highest BCUT2D eigenvalue weighted by atomic mass is 35.5. The summed E-state index contributed by atoms with van der Waals surface area (Å²) < 4.78 is 37.1. The van der Waals surface area contributed by atoms with Crippen LogP contribution in [0.3, 0.4) is 0 Å². The Balaban J connectivity index is 1.74. The first-order valence-corrected chi connectivity index (χ1v) is 12.8. The molecule has 0 saturated carbocycles. The number of carbonyl (C=O) groups excluding carboxylic acids is 1. The van der Waals surface area contributed by atoms with Crippen molar-refractivity contribution in [1.82, 2.24) is 10.2 Å². The lowest BCUT2D eigenvalue weighted by molar-refractivity contribution is -0.128. The van der Waals surface area contributed by atoms with E-state index in [4.69, 9.17) is 21.1 Å². The largest absolute Gasteiger partial charge is 0.381 e. The zero-order valence-corrected chi connectivity index (χ0v) is 20.5. The summed E-state index contributed by atoms with van der Waals surface area (Å²) in [7, 11) is -3.82. The van der Waals surface area contributed by atoms with E-state index >= 15 is 0 Å². The summed E-state index contributed by atoms with van der Waals surface area (Å²) in [6, 6.07) is 9.38. The molecule has 8 nitrogen and oxygen atoms in total. The number of anilines is 1. The van der Waals surface area contributed by atoms with Gasteiger partial charge in [0.1, 0.15) is 4.75 Å². The Morgan fingerprint density at radius 1 is 1.03 bits per heavy atom. The van der Waals surface area contributed by atoms with E-state index in [9.17, 15) is 13.2 Å². The summed E-state index contributed by atoms with van der Waals surface area (Å²) in [6.45, 7) is 6.99. The molecule has 2 aliphatic rings. The summed E-state index contributed by atoms with van der Waals surface area (Å²) in [5.74, 6) is 0.297. The third-order valence-corrected chi connectivity index (χ3v) is 8.94. The molecule has 0 spiro atoms. The summed E-state index contributed by atoms with van der Waals surface area (Å²) >= 11 is 5.97. The second kappa shape index (κ2) is 8.94. The minimum absolute atomic E-state index is 0.0904. The summed E-state index contributed by atoms with van der Waals surface area (Å²) in [4.78, 5) is 14.9. The highest BCUT2D eigenvalue weighted by molar-refractivity contribution is 7.92. The Hall–Kier alpha value is -2.07. The van der Waals surface area contributed by atoms with E-state index < -0.39 is 20.0 Å². The van der Waals surface area contributed by atoms with Gasteiger partial charge in [0.25, 0.3) is 0 Å². The van der Waals surface area contributed by atoms with E-state index in [1.165, 1.54) is 12.1 Å². The van der Waals surface area contributed by atoms with Crippen molar-refractivity contribution in [3.63, 3.8) is 0 Å². The third kappa shape index (κ3) is 4.39. The van der Waals surface area contributed by atoms with Gasteiger partial charge >= 0.3 is 0 Å². The number of hydrogen-bond donors (Lipinski definition) is 0. The van der Waals surface area contributed by atoms with Crippen LogP contribution in [0.5, 0.6) is 0 Å². The monoisotopic (exact) mass is 493 g/mol. The molecule has 33 heavy (non-hydrogen) atoms. The number of ether oxygens (including phenoxy) is 2. The Morgan fingerprint density at radius 3 is 2.15 bits per heavy atom. The maximum absolute atomic E-state index is 13.8. The van der Waals surface area contributed by atoms with Crippen LogP contribution >= 0.6 is 11.6 Å². The number of carbonyl (C=O) groups is 1. The van der Waals surface area contributed by atoms with Gasteiger partial charge in [-0.15, -0.1) is 5.10 Å². The smallest absolute Gasteiger partial charge is 0.233 e. The van der Waals surface area contributed by atoms with Gasteiger partial charge in [-0.1, -0.05) is 32.4 Å². The van der Waals surface area contributed by atoms with E-state index in [1.807, 2.05) is 20.8 Å². The first-order chi connectivity index (χ1) is 15.6. The van der Waals surface area contributed by atoms with Gasteiger partial charge in [-0.2, -0.15) is 5.10 Å². The van der Waals surface area contributed by atoms with Gasteiger partial charge in [-0.3, -0.25) is 9.69 Å². The summed E-state index contributed by atoms with van der Waals surface area (Å²) in [5.41, 5.74) is -0.270. The maximum Gasteiger partial charge on any atom is 0.233 e. The maximum atomic E-state index is 13.8. The van der Waals surface area contributed by atoms with Crippen molar-refractivity contribution in [2.75, 3.05) is 31.3 Å². The molecule has 0 atom stereocenters. The second-order valence-corrected chi connectivity index (χ2v) is 12.2. The van der Waals surface area contributed by atoms with Crippen LogP contribution in [0.1, 0.15) is 39.3 Å². The number of halogens is 1. The zero-order valence-electron chi connectivity index (χ0n) is 19.0. The molecule has 2 fully saturated rings. The van der Waals surface area contributed by atoms with E-state index in [1.54, 1.807) is 29.2 Å². The highest BCUT2D eigenvalue weighted by Gasteiger charge is 2.49. The molecule has 1 aromatic heterocycles. The Morgan fingerprint density at radius 2 is 1.67 bits per heavy atom. The van der Waals surface area contributed by atoms with E-state index in [0.29, 0.717) is 43.0 Å². The summed E-state index contributed by atoms with van der Waals surface area (Å²) in [5, 5.41) is 9.16. The first-order valence-electron chi connectivity index (χ1n) is 10.9. The minimum atomic E-state index is -3.82. The highest BCUT2D eigenvalue weighted by Crippen LogP contribution is 2.43. The Bertz CT molecular complexity index is 1100. The number of hydrogen-bond acceptors (Lipinski definition) is 7. The Kier molecular flexibility index (Phi) is 6.52. The van der Waals surface area contributed by atoms with Crippen molar-refractivity contribution in [3.8, 4) is 0 Å². The van der Waals surface area contributed by atoms with Crippen LogP contribution < -0.4 is 4.90 Å². The van der Waals surface area contributed by atoms with Crippen molar-refractivity contribution in [3.05, 3.63) is 47.1 Å². The van der Waals surface area contributed by atoms with Crippen LogP contribution in [0.25, 0.3) is 0 Å². The van der Waals surface area contributed by atoms with Crippen LogP contribution in [0, 0.1) is 5.41 Å². The molecular weight excluding hydrogens is 466 g/mol. The molecule has 2 aliphatic heterocycles. The number of benzene rings is 1. The Labute approximate surface area is 199 Å². The molecule has 1 amide bonds. The molecule has 2 saturated heterocycles. The third-order valence-electron chi connectivity index (χ3n) is 6.15. The van der Waals surface area contributed by atoms with Crippen molar-refractivity contribution in [2.24, 2.45) is 5.41 Å². The number of nitrogens with zero attached hydrogens (tertiary/aromatic N) is 3. The molecule has 10 heteroatoms. The summed E-state index contributed by atoms with van der Waals surface area (Å²) in [6.07, 6.45) is 0.514. The fourth-order valence-electron chi connectivity index (χ4n) is 4.09. The van der Waals surface area contributed by atoms with Crippen molar-refractivity contribution in [2.45, 2.75) is 49.3 Å². The topological polar surface area (TPSA) is 98.7 Å². The van der Waals surface area contributed by atoms with Gasteiger partial charge in [0, 0.05) is 23.7 Å². The van der Waals surface area contributed by atoms with Crippen LogP contribution in [0.2, 0.25) is 5.02 Å². The van der Waals surface area contributed by atoms with Gasteiger partial charge in [-0.05, 0) is 49.2 Å². The predicted molar refractivity (Wildman–Crippen MR) is 124 cm³/mol. The number of sulfone groups is 1. The normalized spacial score (nSPS) is 19.0. The van der Waals surface area contributed by atoms with Crippen LogP contribution in [-0.2, 0) is 28.9 Å². The van der Waals surface area contributed by atoms with Crippen LogP contribution in [0.4, 0.5) is 5.82 Å². The molecule has 0 N–H and O–H groups in total. The first kappa shape index (κ1) is 24.1. The zero-order chi connectivity index (χ0) is 23.9. The molecule has 1 aromatic carbocycles. The van der Waals surface area contributed by atoms with E-state index in [-0.39, 0.29) is 29.7 Å². The fourth-order valence-corrected chi connectivity index (χ4v) is 6.25. The second-order valence-electron chi connectivity index (χ2n) is 9.46. The van der Waals surface area contributed by atoms with Gasteiger partial charge in [0.05, 0.1) is 29.8 Å². The van der Waals surface area contributed by atoms with Gasteiger partial charge in [0.15, 0.2) is 15.7 Å². The van der Waals surface area contributed by atoms with Crippen molar-refractivity contribution >= 4 is 33.2 Å². The molecule has 3 heterocycles. The molecule has 4 rings (SSSR count). The molecule has 0 aliphatic carbocycles. The lowest BCUT2D eigenvalue weighted by Gasteiger charge is -2.39. The van der Waals surface area contributed by atoms with E-state index in [2.05, 4.69) is 10.2 Å². The molecule has 0 bridgehead atoms. The molecule has 0 unspecified atom stereocenters. The SMILES string of the molecule is CC(C)(C)C(=O)N(c1ccc(C2(S(=O)(=O)c3ccc(Cl)cc3)CCOCC2)nn1)C1COC1. The average molecular weight is 494 g/mol. The van der Waals surface area contributed by atoms with Crippen LogP contribution in [-0.4, -0.2) is 57.0 Å². The number of rotatable bonds is 5. The number of aromatic nitrogens is 2. The average Bonchev–Trinajstić information content (AvgIpc) is 2.76. The van der Waals surface area contributed by atoms with Gasteiger partial charge < -0.3 is 9.47 Å². The minimum Gasteiger partial charge on any atom is -0.381 e. The number of amides is 1.